The van der Waals surface area contributed by atoms with E-state index in [4.69, 9.17) is 11.6 Å². The van der Waals surface area contributed by atoms with Gasteiger partial charge in [-0.1, -0.05) is 62.3 Å². The normalized spacial score (nSPS) is 31.3. The van der Waals surface area contributed by atoms with Crippen molar-refractivity contribution in [3.05, 3.63) is 59.1 Å². The third-order valence-corrected chi connectivity index (χ3v) is 14.0. The first-order valence-electron chi connectivity index (χ1n) is 10.4. The average Bonchev–Trinajstić information content (AvgIpc) is 3.09. The average molecular weight is 430 g/mol. The van der Waals surface area contributed by atoms with Crippen LogP contribution in [0.4, 0.5) is 0 Å². The lowest BCUT2D eigenvalue weighted by atomic mass is 9.87. The standard InChI is InChI=1S/C24H32ClNSSi/c1-15-16(2)23(22-21(15)19-9-7-8-10-20(19)27-22)28(6,26-24(3,4)5)18-13-11-17(25)12-14-18/h7-16,21-23,26H,1-6H3. The molecular formula is C24H32ClNSSi. The summed E-state index contributed by atoms with van der Waals surface area (Å²) >= 11 is 8.39. The van der Waals surface area contributed by atoms with E-state index in [1.807, 2.05) is 0 Å². The quantitative estimate of drug-likeness (QED) is 0.564. The summed E-state index contributed by atoms with van der Waals surface area (Å²) in [5.74, 6) is 2.06. The maximum atomic E-state index is 6.25. The zero-order valence-corrected chi connectivity index (χ0v) is 20.4. The fourth-order valence-corrected chi connectivity index (χ4v) is 14.1. The summed E-state index contributed by atoms with van der Waals surface area (Å²) in [6.07, 6.45) is 0. The fourth-order valence-electron chi connectivity index (χ4n) is 5.87. The molecule has 1 fully saturated rings. The van der Waals surface area contributed by atoms with Crippen molar-refractivity contribution in [2.75, 3.05) is 0 Å². The molecule has 4 rings (SSSR count). The van der Waals surface area contributed by atoms with Crippen molar-refractivity contribution < 1.29 is 0 Å². The van der Waals surface area contributed by atoms with E-state index in [-0.39, 0.29) is 5.54 Å². The number of halogens is 1. The molecule has 1 saturated carbocycles. The molecule has 28 heavy (non-hydrogen) atoms. The van der Waals surface area contributed by atoms with E-state index in [2.05, 4.69) is 106 Å². The lowest BCUT2D eigenvalue weighted by Gasteiger charge is -2.44. The summed E-state index contributed by atoms with van der Waals surface area (Å²) < 4.78 is 0. The third kappa shape index (κ3) is 3.39. The van der Waals surface area contributed by atoms with Crippen LogP contribution in [0.15, 0.2) is 53.4 Å². The molecule has 0 amide bonds. The molecule has 0 bridgehead atoms. The van der Waals surface area contributed by atoms with E-state index >= 15 is 0 Å². The van der Waals surface area contributed by atoms with Gasteiger partial charge in [0.1, 0.15) is 0 Å². The maximum absolute atomic E-state index is 6.25. The molecule has 0 saturated heterocycles. The van der Waals surface area contributed by atoms with Crippen molar-refractivity contribution in [3.63, 3.8) is 0 Å². The van der Waals surface area contributed by atoms with E-state index in [0.29, 0.717) is 28.5 Å². The molecule has 2 aromatic carbocycles. The molecule has 6 atom stereocenters. The highest BCUT2D eigenvalue weighted by Crippen LogP contribution is 2.64. The number of thioether (sulfide) groups is 1. The SMILES string of the molecule is CC1C(C)C([Si](C)(NC(C)(C)C)c2ccc(Cl)cc2)C2Sc3ccccc3C12. The minimum atomic E-state index is -2.01. The molecule has 4 heteroatoms. The number of fused-ring (bicyclic) bond motifs is 3. The smallest absolute Gasteiger partial charge is 0.159 e. The second kappa shape index (κ2) is 7.19. The van der Waals surface area contributed by atoms with Gasteiger partial charge < -0.3 is 4.98 Å². The van der Waals surface area contributed by atoms with E-state index in [1.54, 1.807) is 5.56 Å². The second-order valence-electron chi connectivity index (χ2n) is 9.97. The highest BCUT2D eigenvalue weighted by atomic mass is 35.5. The van der Waals surface area contributed by atoms with Crippen molar-refractivity contribution >= 4 is 36.8 Å². The molecule has 150 valence electrons. The van der Waals surface area contributed by atoms with Crippen LogP contribution >= 0.6 is 23.4 Å². The predicted molar refractivity (Wildman–Crippen MR) is 126 cm³/mol. The molecule has 0 spiro atoms. The van der Waals surface area contributed by atoms with Gasteiger partial charge in [-0.2, -0.15) is 0 Å². The van der Waals surface area contributed by atoms with Gasteiger partial charge in [0.15, 0.2) is 8.24 Å². The van der Waals surface area contributed by atoms with Crippen molar-refractivity contribution in [2.24, 2.45) is 11.8 Å². The lowest BCUT2D eigenvalue weighted by Crippen LogP contribution is -2.68. The second-order valence-corrected chi connectivity index (χ2v) is 15.5. The Morgan fingerprint density at radius 1 is 0.964 bits per heavy atom. The zero-order valence-electron chi connectivity index (χ0n) is 17.8. The Balaban J connectivity index is 1.81. The van der Waals surface area contributed by atoms with Gasteiger partial charge in [-0.3, -0.25) is 0 Å². The molecular weight excluding hydrogens is 398 g/mol. The molecule has 1 aliphatic carbocycles. The Hall–Kier alpha value is -0.743. The molecule has 0 radical (unpaired) electrons. The highest BCUT2D eigenvalue weighted by Gasteiger charge is 2.59. The summed E-state index contributed by atoms with van der Waals surface area (Å²) in [5, 5.41) is 2.96. The van der Waals surface area contributed by atoms with Crippen molar-refractivity contribution in [3.8, 4) is 0 Å². The van der Waals surface area contributed by atoms with Gasteiger partial charge in [-0.25, -0.2) is 0 Å². The van der Waals surface area contributed by atoms with E-state index in [0.717, 1.165) is 5.02 Å². The van der Waals surface area contributed by atoms with Crippen molar-refractivity contribution in [1.82, 2.24) is 4.98 Å². The summed E-state index contributed by atoms with van der Waals surface area (Å²) in [5.41, 5.74) is 2.34. The van der Waals surface area contributed by atoms with Gasteiger partial charge in [0.05, 0.1) is 0 Å². The molecule has 2 aliphatic rings. The first kappa shape index (κ1) is 20.5. The van der Waals surface area contributed by atoms with Crippen LogP contribution in [0, 0.1) is 11.8 Å². The summed E-state index contributed by atoms with van der Waals surface area (Å²) in [4.78, 5) is 5.69. The van der Waals surface area contributed by atoms with Crippen LogP contribution in [-0.4, -0.2) is 19.0 Å². The van der Waals surface area contributed by atoms with Crippen LogP contribution in [0.2, 0.25) is 17.1 Å². The van der Waals surface area contributed by atoms with Crippen LogP contribution in [0.3, 0.4) is 0 Å². The van der Waals surface area contributed by atoms with E-state index in [9.17, 15) is 0 Å². The monoisotopic (exact) mass is 429 g/mol. The Morgan fingerprint density at radius 2 is 1.61 bits per heavy atom. The number of nitrogens with one attached hydrogen (secondary N) is 1. The van der Waals surface area contributed by atoms with Gasteiger partial charge in [0.2, 0.25) is 0 Å². The topological polar surface area (TPSA) is 12.0 Å². The summed E-state index contributed by atoms with van der Waals surface area (Å²) in [7, 11) is -2.01. The number of hydrogen-bond donors (Lipinski definition) is 1. The van der Waals surface area contributed by atoms with Crippen LogP contribution in [0.5, 0.6) is 0 Å². The minimum Gasteiger partial charge on any atom is -0.329 e. The van der Waals surface area contributed by atoms with E-state index in [1.165, 1.54) is 10.1 Å². The van der Waals surface area contributed by atoms with Gasteiger partial charge >= 0.3 is 0 Å². The molecule has 1 heterocycles. The molecule has 0 aromatic heterocycles. The molecule has 1 nitrogen and oxygen atoms in total. The molecule has 1 aliphatic heterocycles. The Labute approximate surface area is 180 Å². The van der Waals surface area contributed by atoms with Crippen LogP contribution < -0.4 is 10.2 Å². The lowest BCUT2D eigenvalue weighted by molar-refractivity contribution is 0.414. The largest absolute Gasteiger partial charge is 0.329 e. The summed E-state index contributed by atoms with van der Waals surface area (Å²) in [6.45, 7) is 14.5. The fraction of sp³-hybridized carbons (Fsp3) is 0.500. The number of hydrogen-bond acceptors (Lipinski definition) is 2. The minimum absolute atomic E-state index is 0.0811. The van der Waals surface area contributed by atoms with Crippen molar-refractivity contribution in [2.45, 2.75) is 68.3 Å². The summed E-state index contributed by atoms with van der Waals surface area (Å²) in [6, 6.07) is 17.8. The Kier molecular flexibility index (Phi) is 5.27. The molecule has 1 N–H and O–H groups in total. The predicted octanol–water partition coefficient (Wildman–Crippen LogP) is 6.42. The zero-order chi connectivity index (χ0) is 20.3. The van der Waals surface area contributed by atoms with Crippen LogP contribution in [0.25, 0.3) is 0 Å². The Bertz CT molecular complexity index is 862. The maximum Gasteiger partial charge on any atom is 0.159 e. The van der Waals surface area contributed by atoms with Gasteiger partial charge in [-0.15, -0.1) is 11.8 Å². The third-order valence-electron chi connectivity index (χ3n) is 6.96. The molecule has 2 aromatic rings. The highest BCUT2D eigenvalue weighted by molar-refractivity contribution is 8.00. The van der Waals surface area contributed by atoms with Crippen LogP contribution in [-0.2, 0) is 0 Å². The van der Waals surface area contributed by atoms with Gasteiger partial charge in [0, 0.05) is 26.6 Å². The number of rotatable bonds is 3. The Morgan fingerprint density at radius 3 is 2.25 bits per heavy atom. The van der Waals surface area contributed by atoms with Gasteiger partial charge in [0.25, 0.3) is 0 Å². The van der Waals surface area contributed by atoms with Crippen molar-refractivity contribution in [1.29, 1.82) is 0 Å². The van der Waals surface area contributed by atoms with Crippen LogP contribution in [0.1, 0.15) is 46.1 Å². The first-order valence-corrected chi connectivity index (χ1v) is 14.3. The first-order chi connectivity index (χ1) is 13.1. The van der Waals surface area contributed by atoms with Gasteiger partial charge in [-0.05, 0) is 67.1 Å². The molecule has 6 unspecified atom stereocenters. The number of benzene rings is 2. The van der Waals surface area contributed by atoms with E-state index < -0.39 is 8.24 Å².